The molecule has 1 aliphatic carbocycles. The van der Waals surface area contributed by atoms with Gasteiger partial charge >= 0.3 is 0 Å². The van der Waals surface area contributed by atoms with Crippen LogP contribution in [-0.4, -0.2) is 29.0 Å². The van der Waals surface area contributed by atoms with Crippen LogP contribution in [0.3, 0.4) is 0 Å². The van der Waals surface area contributed by atoms with Crippen LogP contribution in [0.2, 0.25) is 5.02 Å². The smallest absolute Gasteiger partial charge is 0.241 e. The van der Waals surface area contributed by atoms with Gasteiger partial charge in [0.2, 0.25) is 29.0 Å². The van der Waals surface area contributed by atoms with Crippen LogP contribution in [0.1, 0.15) is 32.4 Å². The molecule has 0 saturated carbocycles. The first-order valence-electron chi connectivity index (χ1n) is 10.6. The SMILES string of the molecule is O=C1[C@@H]2[C@@H](C(=O)N1c1ccc(Br)cc1)C1(O[C@H]2c2ccccc2Cl)C(=O)c2ccccc2C1=O. The van der Waals surface area contributed by atoms with Crippen LogP contribution in [0.25, 0.3) is 0 Å². The molecule has 1 spiro atoms. The second-order valence-electron chi connectivity index (χ2n) is 8.49. The van der Waals surface area contributed by atoms with E-state index in [2.05, 4.69) is 15.9 Å². The van der Waals surface area contributed by atoms with Gasteiger partial charge in [-0.2, -0.15) is 0 Å². The van der Waals surface area contributed by atoms with Gasteiger partial charge in [-0.3, -0.25) is 19.2 Å². The topological polar surface area (TPSA) is 80.8 Å². The summed E-state index contributed by atoms with van der Waals surface area (Å²) in [5.74, 6) is -4.76. The van der Waals surface area contributed by atoms with Crippen molar-refractivity contribution >= 4 is 56.6 Å². The second kappa shape index (κ2) is 7.43. The van der Waals surface area contributed by atoms with Crippen molar-refractivity contribution < 1.29 is 23.9 Å². The monoisotopic (exact) mass is 535 g/mol. The number of anilines is 1. The fourth-order valence-electron chi connectivity index (χ4n) is 5.35. The number of imide groups is 1. The predicted octanol–water partition coefficient (Wildman–Crippen LogP) is 4.80. The third-order valence-electron chi connectivity index (χ3n) is 6.82. The van der Waals surface area contributed by atoms with E-state index in [9.17, 15) is 19.2 Å². The standard InChI is InChI=1S/C26H15BrClNO5/c27-13-9-11-14(12-10-13)29-24(32)19-20(25(29)33)26(34-21(19)17-7-3-4-8-18(17)28)22(30)15-5-1-2-6-16(15)23(26)31/h1-12,19-21H/t19-,20+,21+/m1/s1. The van der Waals surface area contributed by atoms with E-state index in [1.807, 2.05) is 0 Å². The Bertz CT molecular complexity index is 1380. The fourth-order valence-corrected chi connectivity index (χ4v) is 5.86. The highest BCUT2D eigenvalue weighted by Crippen LogP contribution is 2.58. The van der Waals surface area contributed by atoms with E-state index in [1.54, 1.807) is 72.8 Å². The molecule has 2 fully saturated rings. The minimum absolute atomic E-state index is 0.188. The quantitative estimate of drug-likeness (QED) is 0.347. The first kappa shape index (κ1) is 21.4. The van der Waals surface area contributed by atoms with Gasteiger partial charge in [0.15, 0.2) is 0 Å². The van der Waals surface area contributed by atoms with Crippen LogP contribution in [0.4, 0.5) is 5.69 Å². The number of ether oxygens (including phenoxy) is 1. The molecule has 0 aromatic heterocycles. The summed E-state index contributed by atoms with van der Waals surface area (Å²) in [6.45, 7) is 0. The first-order valence-corrected chi connectivity index (χ1v) is 11.8. The van der Waals surface area contributed by atoms with Crippen LogP contribution in [0.5, 0.6) is 0 Å². The molecule has 2 aliphatic heterocycles. The van der Waals surface area contributed by atoms with Crippen molar-refractivity contribution in [2.75, 3.05) is 4.90 Å². The molecule has 2 amide bonds. The van der Waals surface area contributed by atoms with Gasteiger partial charge in [-0.05, 0) is 30.3 Å². The minimum Gasteiger partial charge on any atom is -0.349 e. The molecular formula is C26H15BrClNO5. The van der Waals surface area contributed by atoms with Crippen LogP contribution in [-0.2, 0) is 14.3 Å². The third kappa shape index (κ3) is 2.66. The second-order valence-corrected chi connectivity index (χ2v) is 9.81. The van der Waals surface area contributed by atoms with E-state index in [-0.39, 0.29) is 11.1 Å². The number of benzene rings is 3. The highest BCUT2D eigenvalue weighted by molar-refractivity contribution is 9.10. The number of Topliss-reactive ketones (excluding diaryl/α,β-unsaturated/α-hetero) is 2. The Morgan fingerprint density at radius 3 is 2.00 bits per heavy atom. The average molecular weight is 537 g/mol. The van der Waals surface area contributed by atoms with E-state index in [4.69, 9.17) is 16.3 Å². The molecule has 0 N–H and O–H groups in total. The van der Waals surface area contributed by atoms with Gasteiger partial charge in [0.25, 0.3) is 0 Å². The lowest BCUT2D eigenvalue weighted by Gasteiger charge is -2.27. The summed E-state index contributed by atoms with van der Waals surface area (Å²) in [5.41, 5.74) is -0.932. The summed E-state index contributed by atoms with van der Waals surface area (Å²) >= 11 is 9.79. The summed E-state index contributed by atoms with van der Waals surface area (Å²) in [7, 11) is 0. The van der Waals surface area contributed by atoms with E-state index >= 15 is 0 Å². The highest BCUT2D eigenvalue weighted by atomic mass is 79.9. The van der Waals surface area contributed by atoms with Gasteiger partial charge in [0, 0.05) is 26.2 Å². The van der Waals surface area contributed by atoms with Gasteiger partial charge in [-0.15, -0.1) is 0 Å². The molecule has 0 bridgehead atoms. The van der Waals surface area contributed by atoms with Gasteiger partial charge in [0.1, 0.15) is 0 Å². The van der Waals surface area contributed by atoms with Crippen LogP contribution >= 0.6 is 27.5 Å². The van der Waals surface area contributed by atoms with Crippen molar-refractivity contribution in [1.82, 2.24) is 0 Å². The van der Waals surface area contributed by atoms with Crippen molar-refractivity contribution in [1.29, 1.82) is 0 Å². The van der Waals surface area contributed by atoms with Crippen molar-refractivity contribution in [3.05, 3.63) is 99.0 Å². The Balaban J connectivity index is 1.56. The van der Waals surface area contributed by atoms with E-state index < -0.39 is 46.9 Å². The first-order chi connectivity index (χ1) is 16.4. The summed E-state index contributed by atoms with van der Waals surface area (Å²) in [6, 6.07) is 19.8. The van der Waals surface area contributed by atoms with Crippen molar-refractivity contribution in [2.24, 2.45) is 11.8 Å². The van der Waals surface area contributed by atoms with Gasteiger partial charge in [0.05, 0.1) is 23.6 Å². The number of amides is 2. The Morgan fingerprint density at radius 1 is 0.794 bits per heavy atom. The summed E-state index contributed by atoms with van der Waals surface area (Å²) in [4.78, 5) is 56.0. The highest BCUT2D eigenvalue weighted by Gasteiger charge is 2.74. The summed E-state index contributed by atoms with van der Waals surface area (Å²) in [6.07, 6.45) is -1.04. The Morgan fingerprint density at radius 2 is 1.38 bits per heavy atom. The molecule has 6 nitrogen and oxygen atoms in total. The molecule has 3 aromatic rings. The number of halogens is 2. The molecule has 3 aliphatic rings. The van der Waals surface area contributed by atoms with Crippen molar-refractivity contribution in [3.8, 4) is 0 Å². The Labute approximate surface area is 207 Å². The van der Waals surface area contributed by atoms with Crippen molar-refractivity contribution in [2.45, 2.75) is 11.7 Å². The van der Waals surface area contributed by atoms with E-state index in [1.165, 1.54) is 0 Å². The third-order valence-corrected chi connectivity index (χ3v) is 7.69. The lowest BCUT2D eigenvalue weighted by Crippen LogP contribution is -2.51. The molecule has 34 heavy (non-hydrogen) atoms. The molecule has 8 heteroatoms. The van der Waals surface area contributed by atoms with Crippen LogP contribution < -0.4 is 4.90 Å². The molecule has 2 heterocycles. The largest absolute Gasteiger partial charge is 0.349 e. The predicted molar refractivity (Wildman–Crippen MR) is 127 cm³/mol. The number of carbonyl (C=O) groups excluding carboxylic acids is 4. The number of fused-ring (bicyclic) bond motifs is 3. The molecule has 2 saturated heterocycles. The van der Waals surface area contributed by atoms with Crippen LogP contribution in [0, 0.1) is 11.8 Å². The molecule has 0 radical (unpaired) electrons. The zero-order valence-electron chi connectivity index (χ0n) is 17.4. The number of carbonyl (C=O) groups is 4. The number of nitrogens with zero attached hydrogens (tertiary/aromatic N) is 1. The molecule has 0 unspecified atom stereocenters. The van der Waals surface area contributed by atoms with Gasteiger partial charge in [-0.25, -0.2) is 4.90 Å². The Hall–Kier alpha value is -3.13. The van der Waals surface area contributed by atoms with Crippen LogP contribution in [0.15, 0.2) is 77.3 Å². The zero-order chi connectivity index (χ0) is 23.8. The average Bonchev–Trinajstić information content (AvgIpc) is 3.40. The molecule has 168 valence electrons. The Kier molecular flexibility index (Phi) is 4.68. The number of rotatable bonds is 2. The lowest BCUT2D eigenvalue weighted by atomic mass is 9.77. The van der Waals surface area contributed by atoms with E-state index in [0.29, 0.717) is 16.3 Å². The number of hydrogen-bond donors (Lipinski definition) is 0. The molecule has 3 aromatic carbocycles. The van der Waals surface area contributed by atoms with Gasteiger partial charge in [-0.1, -0.05) is 70.0 Å². The summed E-state index contributed by atoms with van der Waals surface area (Å²) < 4.78 is 7.01. The van der Waals surface area contributed by atoms with Crippen molar-refractivity contribution in [3.63, 3.8) is 0 Å². The lowest BCUT2D eigenvalue weighted by molar-refractivity contribution is -0.127. The molecule has 6 rings (SSSR count). The zero-order valence-corrected chi connectivity index (χ0v) is 19.7. The minimum atomic E-state index is -2.12. The van der Waals surface area contributed by atoms with E-state index in [0.717, 1.165) is 9.37 Å². The summed E-state index contributed by atoms with van der Waals surface area (Å²) in [5, 5.41) is 0.320. The maximum Gasteiger partial charge on any atom is 0.241 e. The number of ketones is 2. The maximum absolute atomic E-state index is 13.8. The fraction of sp³-hybridized carbons (Fsp3) is 0.154. The molecule has 3 atom stereocenters. The number of hydrogen-bond acceptors (Lipinski definition) is 5. The normalized spacial score (nSPS) is 24.8. The maximum atomic E-state index is 13.8. The molecular weight excluding hydrogens is 522 g/mol. The van der Waals surface area contributed by atoms with Gasteiger partial charge < -0.3 is 4.74 Å².